The summed E-state index contributed by atoms with van der Waals surface area (Å²) in [4.78, 5) is 37.8. The number of ether oxygens (including phenoxy) is 3. The predicted molar refractivity (Wildman–Crippen MR) is 243 cm³/mol. The number of esters is 3. The smallest absolute Gasteiger partial charge is 0.306 e. The van der Waals surface area contributed by atoms with Gasteiger partial charge in [0.1, 0.15) is 13.2 Å². The van der Waals surface area contributed by atoms with E-state index >= 15 is 0 Å². The van der Waals surface area contributed by atoms with E-state index in [1.165, 1.54) is 154 Å². The Hall–Kier alpha value is -1.59. The molecule has 0 aromatic heterocycles. The quantitative estimate of drug-likeness (QED) is 0.0347. The van der Waals surface area contributed by atoms with Crippen LogP contribution in [0.25, 0.3) is 0 Å². The number of hydrogen-bond donors (Lipinski definition) is 0. The molecule has 0 rings (SSSR count). The Labute approximate surface area is 355 Å². The molecular weight excluding hydrogens is 709 g/mol. The van der Waals surface area contributed by atoms with Crippen LogP contribution in [0.15, 0.2) is 0 Å². The summed E-state index contributed by atoms with van der Waals surface area (Å²) in [5.41, 5.74) is 0. The van der Waals surface area contributed by atoms with Crippen LogP contribution in [0.3, 0.4) is 0 Å². The lowest BCUT2D eigenvalue weighted by Crippen LogP contribution is -2.30. The first-order valence-corrected chi connectivity index (χ1v) is 25.2. The van der Waals surface area contributed by atoms with Crippen LogP contribution < -0.4 is 0 Å². The first-order chi connectivity index (χ1) is 27.7. The average Bonchev–Trinajstić information content (AvgIpc) is 3.19. The van der Waals surface area contributed by atoms with Gasteiger partial charge in [0.25, 0.3) is 0 Å². The highest BCUT2D eigenvalue weighted by atomic mass is 16.6. The molecule has 338 valence electrons. The molecule has 6 heteroatoms. The van der Waals surface area contributed by atoms with E-state index in [4.69, 9.17) is 14.2 Å². The third-order valence-electron chi connectivity index (χ3n) is 12.1. The van der Waals surface area contributed by atoms with Gasteiger partial charge in [0.05, 0.1) is 0 Å². The van der Waals surface area contributed by atoms with E-state index in [1.54, 1.807) is 0 Å². The molecule has 0 aliphatic rings. The lowest BCUT2D eigenvalue weighted by molar-refractivity contribution is -0.167. The molecular formula is C51H98O6. The van der Waals surface area contributed by atoms with Crippen LogP contribution in [0.1, 0.15) is 273 Å². The van der Waals surface area contributed by atoms with Crippen LogP contribution in [0, 0.1) is 17.8 Å². The molecule has 6 nitrogen and oxygen atoms in total. The Morgan fingerprint density at radius 3 is 0.912 bits per heavy atom. The molecule has 0 aromatic carbocycles. The minimum absolute atomic E-state index is 0.0662. The summed E-state index contributed by atoms with van der Waals surface area (Å²) < 4.78 is 16.8. The van der Waals surface area contributed by atoms with Gasteiger partial charge < -0.3 is 14.2 Å². The zero-order valence-corrected chi connectivity index (χ0v) is 39.1. The Morgan fingerprint density at radius 1 is 0.351 bits per heavy atom. The lowest BCUT2D eigenvalue weighted by Gasteiger charge is -2.18. The third kappa shape index (κ3) is 42.3. The summed E-state index contributed by atoms with van der Waals surface area (Å²) in [5, 5.41) is 0. The molecule has 57 heavy (non-hydrogen) atoms. The summed E-state index contributed by atoms with van der Waals surface area (Å²) in [7, 11) is 0. The second kappa shape index (κ2) is 42.5. The lowest BCUT2D eigenvalue weighted by atomic mass is 9.99. The summed E-state index contributed by atoms with van der Waals surface area (Å²) in [5.74, 6) is 1.65. The van der Waals surface area contributed by atoms with E-state index in [2.05, 4.69) is 41.5 Å². The minimum Gasteiger partial charge on any atom is -0.462 e. The number of hydrogen-bond acceptors (Lipinski definition) is 6. The van der Waals surface area contributed by atoms with Gasteiger partial charge >= 0.3 is 17.9 Å². The third-order valence-corrected chi connectivity index (χ3v) is 12.1. The molecule has 0 aliphatic carbocycles. The van der Waals surface area contributed by atoms with Gasteiger partial charge in [-0.05, 0) is 37.0 Å². The average molecular weight is 807 g/mol. The van der Waals surface area contributed by atoms with Crippen LogP contribution in [-0.2, 0) is 28.6 Å². The van der Waals surface area contributed by atoms with Crippen molar-refractivity contribution < 1.29 is 28.6 Å². The molecule has 0 amide bonds. The Bertz CT molecular complexity index is 887. The molecule has 0 fully saturated rings. The zero-order chi connectivity index (χ0) is 42.0. The van der Waals surface area contributed by atoms with E-state index in [-0.39, 0.29) is 31.1 Å². The molecule has 0 saturated carbocycles. The van der Waals surface area contributed by atoms with Gasteiger partial charge in [0, 0.05) is 19.3 Å². The molecule has 0 N–H and O–H groups in total. The van der Waals surface area contributed by atoms with E-state index in [9.17, 15) is 14.4 Å². The summed E-state index contributed by atoms with van der Waals surface area (Å²) in [6.45, 7) is 13.7. The van der Waals surface area contributed by atoms with Crippen LogP contribution in [0.4, 0.5) is 0 Å². The summed E-state index contributed by atoms with van der Waals surface area (Å²) in [6.07, 6.45) is 40.9. The summed E-state index contributed by atoms with van der Waals surface area (Å²) in [6, 6.07) is 0. The van der Waals surface area contributed by atoms with E-state index in [1.807, 2.05) is 0 Å². The first kappa shape index (κ1) is 55.4. The number of carbonyl (C=O) groups is 3. The van der Waals surface area contributed by atoms with Crippen molar-refractivity contribution in [3.63, 3.8) is 0 Å². The molecule has 0 saturated heterocycles. The minimum atomic E-state index is -0.763. The fourth-order valence-corrected chi connectivity index (χ4v) is 7.52. The van der Waals surface area contributed by atoms with E-state index < -0.39 is 6.10 Å². The molecule has 0 heterocycles. The van der Waals surface area contributed by atoms with Crippen LogP contribution >= 0.6 is 0 Å². The van der Waals surface area contributed by atoms with Crippen LogP contribution in [-0.4, -0.2) is 37.2 Å². The fourth-order valence-electron chi connectivity index (χ4n) is 7.52. The van der Waals surface area contributed by atoms with Crippen molar-refractivity contribution in [1.82, 2.24) is 0 Å². The standard InChI is InChI=1S/C51H98O6/c1-7-46(5)38-32-26-20-15-13-11-9-10-12-14-16-22-30-36-42-51(54)57-48(44-56-50(53)41-35-29-24-23-27-33-39-47(6)8-2)43-55-49(52)40-34-28-21-18-17-19-25-31-37-45(3)4/h45-48H,7-44H2,1-6H3/t46?,47?,48-/m0/s1. The van der Waals surface area contributed by atoms with E-state index in [0.717, 1.165) is 75.5 Å². The van der Waals surface area contributed by atoms with Crippen molar-refractivity contribution >= 4 is 17.9 Å². The molecule has 0 bridgehead atoms. The summed E-state index contributed by atoms with van der Waals surface area (Å²) >= 11 is 0. The van der Waals surface area contributed by atoms with Crippen LogP contribution in [0.2, 0.25) is 0 Å². The normalized spacial score (nSPS) is 13.1. The predicted octanol–water partition coefficient (Wildman–Crippen LogP) is 16.0. The molecule has 0 spiro atoms. The molecule has 2 unspecified atom stereocenters. The Morgan fingerprint density at radius 2 is 0.614 bits per heavy atom. The topological polar surface area (TPSA) is 78.9 Å². The maximum atomic E-state index is 12.8. The second-order valence-corrected chi connectivity index (χ2v) is 18.4. The zero-order valence-electron chi connectivity index (χ0n) is 39.1. The maximum Gasteiger partial charge on any atom is 0.306 e. The van der Waals surface area contributed by atoms with Gasteiger partial charge in [-0.1, -0.05) is 234 Å². The number of carbonyl (C=O) groups excluding carboxylic acids is 3. The van der Waals surface area contributed by atoms with Gasteiger partial charge in [0.15, 0.2) is 6.10 Å². The Kier molecular flexibility index (Phi) is 41.3. The SMILES string of the molecule is CCC(C)CCCCCCCCCCCCCCCCC(=O)O[C@@H](COC(=O)CCCCCCCCCCC(C)C)COC(=O)CCCCCCCCC(C)CC. The fraction of sp³-hybridized carbons (Fsp3) is 0.941. The molecule has 0 aromatic rings. The molecule has 0 aliphatic heterocycles. The van der Waals surface area contributed by atoms with Crippen molar-refractivity contribution in [2.75, 3.05) is 13.2 Å². The van der Waals surface area contributed by atoms with Gasteiger partial charge in [-0.15, -0.1) is 0 Å². The molecule has 0 radical (unpaired) electrons. The van der Waals surface area contributed by atoms with Crippen molar-refractivity contribution in [3.05, 3.63) is 0 Å². The van der Waals surface area contributed by atoms with Gasteiger partial charge in [-0.3, -0.25) is 14.4 Å². The van der Waals surface area contributed by atoms with Crippen molar-refractivity contribution in [2.45, 2.75) is 279 Å². The number of rotatable bonds is 44. The monoisotopic (exact) mass is 807 g/mol. The first-order valence-electron chi connectivity index (χ1n) is 25.2. The van der Waals surface area contributed by atoms with Gasteiger partial charge in [0.2, 0.25) is 0 Å². The largest absolute Gasteiger partial charge is 0.462 e. The highest BCUT2D eigenvalue weighted by Gasteiger charge is 2.19. The highest BCUT2D eigenvalue weighted by Crippen LogP contribution is 2.18. The molecule has 3 atom stereocenters. The van der Waals surface area contributed by atoms with Crippen molar-refractivity contribution in [3.8, 4) is 0 Å². The maximum absolute atomic E-state index is 12.8. The van der Waals surface area contributed by atoms with E-state index in [0.29, 0.717) is 19.3 Å². The van der Waals surface area contributed by atoms with Gasteiger partial charge in [-0.25, -0.2) is 0 Å². The second-order valence-electron chi connectivity index (χ2n) is 18.4. The highest BCUT2D eigenvalue weighted by molar-refractivity contribution is 5.71. The number of unbranched alkanes of at least 4 members (excludes halogenated alkanes) is 25. The van der Waals surface area contributed by atoms with Crippen LogP contribution in [0.5, 0.6) is 0 Å². The van der Waals surface area contributed by atoms with Crippen molar-refractivity contribution in [1.29, 1.82) is 0 Å². The van der Waals surface area contributed by atoms with Crippen molar-refractivity contribution in [2.24, 2.45) is 17.8 Å². The Balaban J connectivity index is 4.29. The van der Waals surface area contributed by atoms with Gasteiger partial charge in [-0.2, -0.15) is 0 Å².